The first-order valence-corrected chi connectivity index (χ1v) is 10.5. The van der Waals surface area contributed by atoms with Crippen molar-refractivity contribution in [3.63, 3.8) is 0 Å². The van der Waals surface area contributed by atoms with Crippen LogP contribution in [0.3, 0.4) is 0 Å². The molecule has 0 atom stereocenters. The molecule has 17 heteroatoms. The van der Waals surface area contributed by atoms with E-state index in [-0.39, 0.29) is 0 Å². The van der Waals surface area contributed by atoms with Crippen LogP contribution in [0.2, 0.25) is 0 Å². The average molecular weight is 461 g/mol. The first-order valence-electron chi connectivity index (χ1n) is 2.65. The van der Waals surface area contributed by atoms with E-state index in [1.54, 1.807) is 0 Å². The molecule has 0 saturated carbocycles. The maximum atomic E-state index is 10.4. The van der Waals surface area contributed by atoms with Crippen LogP contribution in [0.25, 0.3) is 0 Å². The normalized spacial score (nSPS) is 15.1. The molecule has 0 rings (SSSR count). The fourth-order valence-corrected chi connectivity index (χ4v) is 3.45. The first-order chi connectivity index (χ1) is 7.36. The van der Waals surface area contributed by atoms with Crippen molar-refractivity contribution in [2.45, 2.75) is 0 Å². The molecule has 0 aromatic rings. The van der Waals surface area contributed by atoms with Gasteiger partial charge < -0.3 is 0 Å². The fraction of sp³-hybridized carbons (Fsp3) is 0. The Kier molecular flexibility index (Phi) is 2.65. The second-order valence-corrected chi connectivity index (χ2v) is 16.8. The number of nitro groups is 5. The second kappa shape index (κ2) is 3.01. The number of nitrogens with zero attached hydrogens (tertiary/aromatic N) is 5. The van der Waals surface area contributed by atoms with Gasteiger partial charge in [-0.3, -0.25) is 0 Å². The summed E-state index contributed by atoms with van der Waals surface area (Å²) in [6.07, 6.45) is 0. The molecule has 0 unspecified atom stereocenters. The van der Waals surface area contributed by atoms with Crippen LogP contribution in [0.5, 0.6) is 0 Å². The summed E-state index contributed by atoms with van der Waals surface area (Å²) in [6.45, 7) is 0. The van der Waals surface area contributed by atoms with E-state index in [0.29, 0.717) is 0 Å². The van der Waals surface area contributed by atoms with E-state index < -0.39 is 31.2 Å². The van der Waals surface area contributed by atoms with Gasteiger partial charge in [0.15, 0.2) is 0 Å². The molecule has 0 aliphatic heterocycles. The SMILES string of the molecule is O=[N+]([O-])[Pt]([Cl])([N+](=O)[O-])([N+](=O)[O-])([N+](=O)[O-])[N+](=O)[O-]. The van der Waals surface area contributed by atoms with Crippen LogP contribution in [0, 0.1) is 50.6 Å². The van der Waals surface area contributed by atoms with Crippen molar-refractivity contribution < 1.29 is 31.2 Å². The molecule has 0 aliphatic rings. The Bertz CT molecular complexity index is 384. The molecular formula is ClN5O10Pt. The summed E-state index contributed by atoms with van der Waals surface area (Å²) in [5, 5.41) is 52.1. The Labute approximate surface area is 91.6 Å². The Hall–Kier alpha value is -2.02. The molecule has 0 saturated heterocycles. The summed E-state index contributed by atoms with van der Waals surface area (Å²) in [5.41, 5.74) is 0. The minimum absolute atomic E-state index is 2.82. The van der Waals surface area contributed by atoms with Crippen LogP contribution in [0.4, 0.5) is 0 Å². The maximum absolute atomic E-state index is 10.4. The van der Waals surface area contributed by atoms with Gasteiger partial charge in [0.25, 0.3) is 0 Å². The van der Waals surface area contributed by atoms with Crippen LogP contribution in [-0.2, 0) is 13.8 Å². The van der Waals surface area contributed by atoms with Crippen LogP contribution in [0.1, 0.15) is 0 Å². The van der Waals surface area contributed by atoms with E-state index in [0.717, 1.165) is 0 Å². The fourth-order valence-electron chi connectivity index (χ4n) is 0.422. The van der Waals surface area contributed by atoms with Gasteiger partial charge in [-0.1, -0.05) is 0 Å². The first kappa shape index (κ1) is 15.0. The van der Waals surface area contributed by atoms with Crippen molar-refractivity contribution in [1.82, 2.24) is 0 Å². The summed E-state index contributed by atoms with van der Waals surface area (Å²) in [5.74, 6) is 0. The third-order valence-corrected chi connectivity index (χ3v) is 13.8. The second-order valence-electron chi connectivity index (χ2n) is 1.85. The average Bonchev–Trinajstić information content (AvgIpc) is 2.14. The van der Waals surface area contributed by atoms with Gasteiger partial charge in [-0.25, -0.2) is 0 Å². The number of hydrogen-bond donors (Lipinski definition) is 0. The minimum atomic E-state index is -10.0. The standard InChI is InChI=1S/ClH.5NO2.Pt/c;5*2-1-3;/h1H;;;;;;/q;;;;;;+1/p-1. The summed E-state index contributed by atoms with van der Waals surface area (Å²) in [7, 11) is 4.42. The predicted octanol–water partition coefficient (Wildman–Crippen LogP) is -0.676. The van der Waals surface area contributed by atoms with Crippen molar-refractivity contribution in [2.24, 2.45) is 0 Å². The number of halogens is 1. The van der Waals surface area contributed by atoms with Gasteiger partial charge in [-0.2, -0.15) is 0 Å². The molecule has 17 heavy (non-hydrogen) atoms. The topological polar surface area (TPSA) is 216 Å². The van der Waals surface area contributed by atoms with Crippen LogP contribution >= 0.6 is 9.42 Å². The summed E-state index contributed by atoms with van der Waals surface area (Å²) in [4.78, 5) is 52.1. The van der Waals surface area contributed by atoms with E-state index in [1.807, 2.05) is 0 Å². The zero-order valence-electron chi connectivity index (χ0n) is 7.01. The summed E-state index contributed by atoms with van der Waals surface area (Å²) < 4.78 is -14.1. The Morgan fingerprint density at radius 3 is 0.706 bits per heavy atom. The van der Waals surface area contributed by atoms with E-state index >= 15 is 0 Å². The van der Waals surface area contributed by atoms with Crippen molar-refractivity contribution in [3.8, 4) is 0 Å². The zero-order valence-corrected chi connectivity index (χ0v) is 10.0. The number of rotatable bonds is 5. The molecule has 15 nitrogen and oxygen atoms in total. The molecule has 0 aromatic heterocycles. The van der Waals surface area contributed by atoms with Gasteiger partial charge in [-0.15, -0.1) is 0 Å². The predicted molar refractivity (Wildman–Crippen MR) is 40.8 cm³/mol. The summed E-state index contributed by atoms with van der Waals surface area (Å²) in [6, 6.07) is 0. The molecule has 0 fully saturated rings. The molecule has 0 amide bonds. The van der Waals surface area contributed by atoms with Gasteiger partial charge in [0.1, 0.15) is 0 Å². The third-order valence-electron chi connectivity index (χ3n) is 1.25. The van der Waals surface area contributed by atoms with E-state index in [4.69, 9.17) is 0 Å². The molecule has 0 spiro atoms. The monoisotopic (exact) mass is 460 g/mol. The van der Waals surface area contributed by atoms with E-state index in [2.05, 4.69) is 9.42 Å². The molecular weight excluding hydrogens is 461 g/mol. The van der Waals surface area contributed by atoms with Gasteiger partial charge in [0.2, 0.25) is 0 Å². The van der Waals surface area contributed by atoms with Gasteiger partial charge in [0, 0.05) is 0 Å². The Morgan fingerprint density at radius 1 is 0.588 bits per heavy atom. The quantitative estimate of drug-likeness (QED) is 0.372. The zero-order chi connectivity index (χ0) is 14.3. The molecule has 0 bridgehead atoms. The Balaban J connectivity index is 7.38. The van der Waals surface area contributed by atoms with Crippen molar-refractivity contribution >= 4 is 9.42 Å². The molecule has 0 heterocycles. The van der Waals surface area contributed by atoms with Gasteiger partial charge in [0.05, 0.1) is 0 Å². The summed E-state index contributed by atoms with van der Waals surface area (Å²) >= 11 is -10.0. The van der Waals surface area contributed by atoms with Crippen molar-refractivity contribution in [1.29, 1.82) is 0 Å². The van der Waals surface area contributed by atoms with Crippen molar-refractivity contribution in [3.05, 3.63) is 50.6 Å². The third kappa shape index (κ3) is 0.871. The van der Waals surface area contributed by atoms with E-state index in [9.17, 15) is 50.6 Å². The van der Waals surface area contributed by atoms with Gasteiger partial charge in [-0.05, 0) is 0 Å². The molecule has 0 N–H and O–H groups in total. The molecule has 0 aromatic carbocycles. The molecule has 0 radical (unpaired) electrons. The van der Waals surface area contributed by atoms with E-state index in [1.165, 1.54) is 0 Å². The van der Waals surface area contributed by atoms with Crippen LogP contribution in [0.15, 0.2) is 0 Å². The molecule has 0 aliphatic carbocycles. The number of hydrogen-bond acceptors (Lipinski definition) is 10. The van der Waals surface area contributed by atoms with Crippen LogP contribution < -0.4 is 0 Å². The van der Waals surface area contributed by atoms with Crippen LogP contribution in [-0.4, -0.2) is 17.4 Å². The molecule has 102 valence electrons. The Morgan fingerprint density at radius 2 is 0.706 bits per heavy atom. The van der Waals surface area contributed by atoms with Gasteiger partial charge >= 0.3 is 91.2 Å². The van der Waals surface area contributed by atoms with Crippen molar-refractivity contribution in [2.75, 3.05) is 0 Å².